The third kappa shape index (κ3) is 1.48. The minimum absolute atomic E-state index is 0.417. The van der Waals surface area contributed by atoms with Crippen molar-refractivity contribution in [2.75, 3.05) is 0 Å². The van der Waals surface area contributed by atoms with Gasteiger partial charge in [0, 0.05) is 0 Å². The van der Waals surface area contributed by atoms with Crippen LogP contribution in [0.15, 0.2) is 10.5 Å². The number of aromatic hydroxyl groups is 1. The summed E-state index contributed by atoms with van der Waals surface area (Å²) in [7, 11) is 0. The van der Waals surface area contributed by atoms with Crippen molar-refractivity contribution in [3.05, 3.63) is 27.2 Å². The summed E-state index contributed by atoms with van der Waals surface area (Å²) in [6.07, 6.45) is 4.79. The monoisotopic (exact) mass is 240 g/mol. The lowest BCUT2D eigenvalue weighted by molar-refractivity contribution is 0.465. The van der Waals surface area contributed by atoms with Gasteiger partial charge in [-0.05, 0) is 65.2 Å². The van der Waals surface area contributed by atoms with Gasteiger partial charge in [-0.15, -0.1) is 0 Å². The number of phenolic OH excluding ortho intramolecular Hbond substituents is 1. The van der Waals surface area contributed by atoms with Gasteiger partial charge in [-0.1, -0.05) is 6.07 Å². The second-order valence-electron chi connectivity index (χ2n) is 3.70. The van der Waals surface area contributed by atoms with Crippen molar-refractivity contribution in [3.8, 4) is 5.75 Å². The van der Waals surface area contributed by atoms with Gasteiger partial charge < -0.3 is 5.11 Å². The van der Waals surface area contributed by atoms with Gasteiger partial charge in [0.2, 0.25) is 0 Å². The molecule has 13 heavy (non-hydrogen) atoms. The minimum atomic E-state index is 0.417. The van der Waals surface area contributed by atoms with Gasteiger partial charge in [-0.2, -0.15) is 0 Å². The van der Waals surface area contributed by atoms with E-state index in [0.29, 0.717) is 5.75 Å². The van der Waals surface area contributed by atoms with E-state index < -0.39 is 0 Å². The molecule has 0 fully saturated rings. The molecule has 0 saturated heterocycles. The Labute approximate surface area is 86.9 Å². The van der Waals surface area contributed by atoms with Crippen molar-refractivity contribution in [3.63, 3.8) is 0 Å². The van der Waals surface area contributed by atoms with Crippen LogP contribution in [0, 0.1) is 6.92 Å². The maximum Gasteiger partial charge on any atom is 0.132 e. The van der Waals surface area contributed by atoms with E-state index >= 15 is 0 Å². The van der Waals surface area contributed by atoms with Crippen LogP contribution in [0.25, 0.3) is 0 Å². The van der Waals surface area contributed by atoms with Crippen LogP contribution in [0.4, 0.5) is 0 Å². The predicted molar refractivity (Wildman–Crippen MR) is 57.2 cm³/mol. The van der Waals surface area contributed by atoms with E-state index in [0.717, 1.165) is 22.9 Å². The van der Waals surface area contributed by atoms with E-state index in [-0.39, 0.29) is 0 Å². The van der Waals surface area contributed by atoms with Crippen molar-refractivity contribution in [2.24, 2.45) is 0 Å². The van der Waals surface area contributed by atoms with Crippen molar-refractivity contribution >= 4 is 15.9 Å². The minimum Gasteiger partial charge on any atom is -0.506 e. The van der Waals surface area contributed by atoms with Crippen molar-refractivity contribution < 1.29 is 5.11 Å². The zero-order valence-corrected chi connectivity index (χ0v) is 9.32. The zero-order chi connectivity index (χ0) is 9.42. The smallest absolute Gasteiger partial charge is 0.132 e. The molecule has 0 saturated carbocycles. The second-order valence-corrected chi connectivity index (χ2v) is 4.49. The Bertz CT molecular complexity index is 344. The summed E-state index contributed by atoms with van der Waals surface area (Å²) in [6, 6.07) is 2.12. The summed E-state index contributed by atoms with van der Waals surface area (Å²) < 4.78 is 0.919. The Balaban J connectivity index is 2.60. The lowest BCUT2D eigenvalue weighted by Gasteiger charge is -2.19. The molecule has 1 nitrogen and oxygen atoms in total. The van der Waals surface area contributed by atoms with Crippen LogP contribution in [0.1, 0.15) is 29.5 Å². The number of halogens is 1. The first kappa shape index (κ1) is 9.07. The molecule has 70 valence electrons. The molecule has 2 heteroatoms. The molecule has 0 spiro atoms. The van der Waals surface area contributed by atoms with Crippen LogP contribution in [0.2, 0.25) is 0 Å². The van der Waals surface area contributed by atoms with Gasteiger partial charge in [-0.3, -0.25) is 0 Å². The molecule has 0 aromatic heterocycles. The van der Waals surface area contributed by atoms with Gasteiger partial charge >= 0.3 is 0 Å². The molecule has 0 radical (unpaired) electrons. The van der Waals surface area contributed by atoms with E-state index in [1.165, 1.54) is 24.0 Å². The SMILES string of the molecule is Cc1cc2c(c(Br)c1O)CCCC2. The van der Waals surface area contributed by atoms with Crippen LogP contribution in [-0.4, -0.2) is 5.11 Å². The second kappa shape index (κ2) is 3.33. The van der Waals surface area contributed by atoms with Crippen LogP contribution < -0.4 is 0 Å². The van der Waals surface area contributed by atoms with E-state index in [1.54, 1.807) is 0 Å². The molecule has 1 aromatic carbocycles. The Kier molecular flexibility index (Phi) is 2.33. The first-order chi connectivity index (χ1) is 6.20. The van der Waals surface area contributed by atoms with Crippen molar-refractivity contribution in [2.45, 2.75) is 32.6 Å². The highest BCUT2D eigenvalue weighted by Gasteiger charge is 2.16. The maximum atomic E-state index is 9.72. The summed E-state index contributed by atoms with van der Waals surface area (Å²) in [5, 5.41) is 9.72. The van der Waals surface area contributed by atoms with Gasteiger partial charge in [0.1, 0.15) is 5.75 Å². The van der Waals surface area contributed by atoms with Gasteiger partial charge in [0.25, 0.3) is 0 Å². The highest BCUT2D eigenvalue weighted by molar-refractivity contribution is 9.10. The van der Waals surface area contributed by atoms with Crippen LogP contribution in [0.5, 0.6) is 5.75 Å². The molecule has 0 amide bonds. The third-order valence-corrected chi connectivity index (χ3v) is 3.60. The molecule has 0 atom stereocenters. The molecule has 2 rings (SSSR count). The lowest BCUT2D eigenvalue weighted by atomic mass is 9.90. The zero-order valence-electron chi connectivity index (χ0n) is 7.73. The number of benzene rings is 1. The summed E-state index contributed by atoms with van der Waals surface area (Å²) >= 11 is 3.47. The van der Waals surface area contributed by atoms with Crippen LogP contribution in [0.3, 0.4) is 0 Å². The fourth-order valence-corrected chi connectivity index (χ4v) is 2.75. The van der Waals surface area contributed by atoms with Gasteiger partial charge in [0.05, 0.1) is 4.47 Å². The Morgan fingerprint density at radius 3 is 2.77 bits per heavy atom. The highest BCUT2D eigenvalue weighted by Crippen LogP contribution is 2.36. The van der Waals surface area contributed by atoms with E-state index in [1.807, 2.05) is 6.92 Å². The number of aryl methyl sites for hydroxylation is 2. The number of hydrogen-bond acceptors (Lipinski definition) is 1. The number of phenols is 1. The van der Waals surface area contributed by atoms with Gasteiger partial charge in [-0.25, -0.2) is 0 Å². The fraction of sp³-hybridized carbons (Fsp3) is 0.455. The summed E-state index contributed by atoms with van der Waals surface area (Å²) in [5.74, 6) is 0.417. The first-order valence-corrected chi connectivity index (χ1v) is 5.49. The van der Waals surface area contributed by atoms with E-state index in [4.69, 9.17) is 0 Å². The normalized spacial score (nSPS) is 15.5. The predicted octanol–water partition coefficient (Wildman–Crippen LogP) is 3.34. The standard InChI is InChI=1S/C11H13BrO/c1-7-6-8-4-2-3-5-9(8)10(12)11(7)13/h6,13H,2-5H2,1H3. The fourth-order valence-electron chi connectivity index (χ4n) is 1.98. The van der Waals surface area contributed by atoms with E-state index in [9.17, 15) is 5.11 Å². The van der Waals surface area contributed by atoms with Gasteiger partial charge in [0.15, 0.2) is 0 Å². The first-order valence-electron chi connectivity index (χ1n) is 4.70. The molecule has 0 aliphatic heterocycles. The summed E-state index contributed by atoms with van der Waals surface area (Å²) in [5.41, 5.74) is 3.70. The molecule has 1 N–H and O–H groups in total. The molecule has 1 aromatic rings. The summed E-state index contributed by atoms with van der Waals surface area (Å²) in [4.78, 5) is 0. The van der Waals surface area contributed by atoms with Crippen molar-refractivity contribution in [1.82, 2.24) is 0 Å². The highest BCUT2D eigenvalue weighted by atomic mass is 79.9. The average molecular weight is 241 g/mol. The summed E-state index contributed by atoms with van der Waals surface area (Å²) in [6.45, 7) is 1.95. The third-order valence-electron chi connectivity index (χ3n) is 2.75. The topological polar surface area (TPSA) is 20.2 Å². The lowest BCUT2D eigenvalue weighted by Crippen LogP contribution is -2.04. The molecule has 0 bridgehead atoms. The average Bonchev–Trinajstić information content (AvgIpc) is 2.15. The largest absolute Gasteiger partial charge is 0.506 e. The maximum absolute atomic E-state index is 9.72. The Morgan fingerprint density at radius 2 is 2.00 bits per heavy atom. The van der Waals surface area contributed by atoms with E-state index in [2.05, 4.69) is 22.0 Å². The molecule has 1 aliphatic rings. The number of rotatable bonds is 0. The number of hydrogen-bond donors (Lipinski definition) is 1. The molecular formula is C11H13BrO. The quantitative estimate of drug-likeness (QED) is 0.738. The number of fused-ring (bicyclic) bond motifs is 1. The van der Waals surface area contributed by atoms with Crippen LogP contribution in [-0.2, 0) is 12.8 Å². The Morgan fingerprint density at radius 1 is 1.31 bits per heavy atom. The molecule has 0 unspecified atom stereocenters. The molecular weight excluding hydrogens is 228 g/mol. The Hall–Kier alpha value is -0.500. The molecule has 0 heterocycles. The van der Waals surface area contributed by atoms with Crippen molar-refractivity contribution in [1.29, 1.82) is 0 Å². The van der Waals surface area contributed by atoms with Crippen LogP contribution >= 0.6 is 15.9 Å². The molecule has 1 aliphatic carbocycles.